The van der Waals surface area contributed by atoms with Crippen molar-refractivity contribution in [2.75, 3.05) is 19.6 Å². The summed E-state index contributed by atoms with van der Waals surface area (Å²) in [7, 11) is 0. The van der Waals surface area contributed by atoms with Crippen molar-refractivity contribution in [1.82, 2.24) is 4.90 Å². The molecule has 1 heterocycles. The molecule has 2 heteroatoms. The minimum absolute atomic E-state index is 0.649. The van der Waals surface area contributed by atoms with E-state index < -0.39 is 0 Å². The second kappa shape index (κ2) is 12.5. The summed E-state index contributed by atoms with van der Waals surface area (Å²) in [6.45, 7) is 8.06. The van der Waals surface area contributed by atoms with Crippen LogP contribution in [0.25, 0.3) is 0 Å². The number of hydrogen-bond acceptors (Lipinski definition) is 2. The molecule has 1 aliphatic heterocycles. The summed E-state index contributed by atoms with van der Waals surface area (Å²) >= 11 is 0. The Morgan fingerprint density at radius 3 is 2.33 bits per heavy atom. The van der Waals surface area contributed by atoms with Gasteiger partial charge >= 0.3 is 0 Å². The lowest BCUT2D eigenvalue weighted by Gasteiger charge is -2.30. The summed E-state index contributed by atoms with van der Waals surface area (Å²) in [4.78, 5) is 2.70. The lowest BCUT2D eigenvalue weighted by atomic mass is 9.98. The third-order valence-electron chi connectivity index (χ3n) is 5.39. The second-order valence-corrected chi connectivity index (χ2v) is 7.04. The van der Waals surface area contributed by atoms with Crippen LogP contribution in [-0.2, 0) is 0 Å². The summed E-state index contributed by atoms with van der Waals surface area (Å²) < 4.78 is 0. The van der Waals surface area contributed by atoms with E-state index in [1.165, 1.54) is 90.1 Å². The maximum Gasteiger partial charge on any atom is 0.0218 e. The molecule has 126 valence electrons. The van der Waals surface area contributed by atoms with Crippen LogP contribution < -0.4 is 5.73 Å². The fourth-order valence-electron chi connectivity index (χ4n) is 3.75. The Bertz CT molecular complexity index is 230. The second-order valence-electron chi connectivity index (χ2n) is 7.04. The maximum atomic E-state index is 6.06. The number of nitrogens with zero attached hydrogens (tertiary/aromatic N) is 1. The lowest BCUT2D eigenvalue weighted by molar-refractivity contribution is 0.192. The predicted octanol–water partition coefficient (Wildman–Crippen LogP) is 4.97. The number of likely N-dealkylation sites (tertiary alicyclic amines) is 1. The van der Waals surface area contributed by atoms with Gasteiger partial charge in [-0.05, 0) is 44.7 Å². The molecule has 0 aromatic heterocycles. The van der Waals surface area contributed by atoms with E-state index in [2.05, 4.69) is 18.7 Å². The zero-order valence-electron chi connectivity index (χ0n) is 14.8. The van der Waals surface area contributed by atoms with Crippen LogP contribution >= 0.6 is 0 Å². The first-order chi connectivity index (χ1) is 10.3. The van der Waals surface area contributed by atoms with Gasteiger partial charge in [0.1, 0.15) is 0 Å². The molecule has 0 saturated carbocycles. The fraction of sp³-hybridized carbons (Fsp3) is 1.00. The van der Waals surface area contributed by atoms with Gasteiger partial charge in [-0.1, -0.05) is 65.2 Å². The van der Waals surface area contributed by atoms with Crippen LogP contribution in [-0.4, -0.2) is 30.6 Å². The summed E-state index contributed by atoms with van der Waals surface area (Å²) in [6.07, 6.45) is 16.7. The van der Waals surface area contributed by atoms with Crippen molar-refractivity contribution < 1.29 is 0 Å². The maximum absolute atomic E-state index is 6.06. The molecular weight excluding hydrogens is 256 g/mol. The molecule has 2 atom stereocenters. The molecule has 0 radical (unpaired) electrons. The van der Waals surface area contributed by atoms with Gasteiger partial charge < -0.3 is 5.73 Å². The van der Waals surface area contributed by atoms with E-state index in [0.29, 0.717) is 6.04 Å². The molecule has 0 aliphatic carbocycles. The Morgan fingerprint density at radius 1 is 0.952 bits per heavy atom. The van der Waals surface area contributed by atoms with Gasteiger partial charge in [0.15, 0.2) is 0 Å². The minimum Gasteiger partial charge on any atom is -0.329 e. The Labute approximate surface area is 133 Å². The summed E-state index contributed by atoms with van der Waals surface area (Å²) in [5.41, 5.74) is 6.06. The van der Waals surface area contributed by atoms with Gasteiger partial charge in [-0.25, -0.2) is 0 Å². The number of unbranched alkanes of at least 4 members (excludes halogenated alkanes) is 6. The molecule has 0 aromatic carbocycles. The summed E-state index contributed by atoms with van der Waals surface area (Å²) in [5, 5.41) is 0. The van der Waals surface area contributed by atoms with Crippen molar-refractivity contribution in [2.45, 2.75) is 96.9 Å². The van der Waals surface area contributed by atoms with Crippen LogP contribution in [0, 0.1) is 5.92 Å². The molecule has 0 bridgehead atoms. The quantitative estimate of drug-likeness (QED) is 0.546. The topological polar surface area (TPSA) is 29.3 Å². The first-order valence-corrected chi connectivity index (χ1v) is 9.75. The van der Waals surface area contributed by atoms with Crippen LogP contribution in [0.1, 0.15) is 90.9 Å². The average Bonchev–Trinajstić information content (AvgIpc) is 2.75. The normalized spacial score (nSPS) is 22.1. The van der Waals surface area contributed by atoms with E-state index in [4.69, 9.17) is 5.73 Å². The molecule has 1 saturated heterocycles. The molecular formula is C19H40N2. The smallest absolute Gasteiger partial charge is 0.0218 e. The van der Waals surface area contributed by atoms with E-state index in [9.17, 15) is 0 Å². The summed E-state index contributed by atoms with van der Waals surface area (Å²) in [5.74, 6) is 0.965. The molecule has 2 N–H and O–H groups in total. The van der Waals surface area contributed by atoms with E-state index in [0.717, 1.165) is 12.5 Å². The first kappa shape index (κ1) is 19.0. The molecule has 1 rings (SSSR count). The van der Waals surface area contributed by atoms with Crippen LogP contribution in [0.5, 0.6) is 0 Å². The first-order valence-electron chi connectivity index (χ1n) is 9.75. The highest BCUT2D eigenvalue weighted by molar-refractivity contribution is 4.77. The SMILES string of the molecule is CCCCCCCCCC(CN)N1CCCC(CC)CC1. The molecule has 1 fully saturated rings. The average molecular weight is 297 g/mol. The highest BCUT2D eigenvalue weighted by Gasteiger charge is 2.21. The zero-order valence-corrected chi connectivity index (χ0v) is 14.8. The molecule has 0 spiro atoms. The fourth-order valence-corrected chi connectivity index (χ4v) is 3.75. The van der Waals surface area contributed by atoms with Crippen molar-refractivity contribution in [3.63, 3.8) is 0 Å². The van der Waals surface area contributed by atoms with Gasteiger partial charge in [0, 0.05) is 12.6 Å². The lowest BCUT2D eigenvalue weighted by Crippen LogP contribution is -2.41. The van der Waals surface area contributed by atoms with E-state index >= 15 is 0 Å². The highest BCUT2D eigenvalue weighted by Crippen LogP contribution is 2.22. The Kier molecular flexibility index (Phi) is 11.3. The largest absolute Gasteiger partial charge is 0.329 e. The van der Waals surface area contributed by atoms with Gasteiger partial charge in [-0.2, -0.15) is 0 Å². The van der Waals surface area contributed by atoms with Crippen molar-refractivity contribution in [3.05, 3.63) is 0 Å². The monoisotopic (exact) mass is 296 g/mol. The molecule has 0 amide bonds. The van der Waals surface area contributed by atoms with Crippen molar-refractivity contribution in [3.8, 4) is 0 Å². The minimum atomic E-state index is 0.649. The van der Waals surface area contributed by atoms with E-state index in [1.807, 2.05) is 0 Å². The summed E-state index contributed by atoms with van der Waals surface area (Å²) in [6, 6.07) is 0.649. The molecule has 0 aromatic rings. The predicted molar refractivity (Wildman–Crippen MR) is 94.7 cm³/mol. The number of rotatable bonds is 11. The third kappa shape index (κ3) is 8.21. The van der Waals surface area contributed by atoms with Gasteiger partial charge in [0.05, 0.1) is 0 Å². The molecule has 2 unspecified atom stereocenters. The van der Waals surface area contributed by atoms with Crippen LogP contribution in [0.4, 0.5) is 0 Å². The highest BCUT2D eigenvalue weighted by atomic mass is 15.2. The van der Waals surface area contributed by atoms with Crippen LogP contribution in [0.3, 0.4) is 0 Å². The van der Waals surface area contributed by atoms with Crippen LogP contribution in [0.2, 0.25) is 0 Å². The zero-order chi connectivity index (χ0) is 15.3. The standard InChI is InChI=1S/C19H40N2/c1-3-5-6-7-8-9-10-13-19(17-20)21-15-11-12-18(4-2)14-16-21/h18-19H,3-17,20H2,1-2H3. The van der Waals surface area contributed by atoms with Crippen molar-refractivity contribution in [2.24, 2.45) is 11.7 Å². The Balaban J connectivity index is 2.15. The van der Waals surface area contributed by atoms with E-state index in [-0.39, 0.29) is 0 Å². The van der Waals surface area contributed by atoms with Gasteiger partial charge in [-0.15, -0.1) is 0 Å². The molecule has 21 heavy (non-hydrogen) atoms. The van der Waals surface area contributed by atoms with Gasteiger partial charge in [0.25, 0.3) is 0 Å². The van der Waals surface area contributed by atoms with Crippen molar-refractivity contribution >= 4 is 0 Å². The van der Waals surface area contributed by atoms with Crippen molar-refractivity contribution in [1.29, 1.82) is 0 Å². The van der Waals surface area contributed by atoms with Crippen LogP contribution in [0.15, 0.2) is 0 Å². The third-order valence-corrected chi connectivity index (χ3v) is 5.39. The molecule has 1 aliphatic rings. The van der Waals surface area contributed by atoms with E-state index in [1.54, 1.807) is 0 Å². The van der Waals surface area contributed by atoms with Gasteiger partial charge in [-0.3, -0.25) is 4.90 Å². The number of nitrogens with two attached hydrogens (primary N) is 1. The van der Waals surface area contributed by atoms with Gasteiger partial charge in [0.2, 0.25) is 0 Å². The Hall–Kier alpha value is -0.0800. The number of hydrogen-bond donors (Lipinski definition) is 1. The Morgan fingerprint density at radius 2 is 1.67 bits per heavy atom. The molecule has 2 nitrogen and oxygen atoms in total.